The number of ether oxygens (including phenoxy) is 1. The Labute approximate surface area is 158 Å². The van der Waals surface area contributed by atoms with Gasteiger partial charge in [-0.25, -0.2) is 4.39 Å². The largest absolute Gasteiger partial charge is 0.464 e. The van der Waals surface area contributed by atoms with Crippen molar-refractivity contribution in [2.75, 3.05) is 19.6 Å². The predicted molar refractivity (Wildman–Crippen MR) is 103 cm³/mol. The molecular formula is C23H24FNO2. The van der Waals surface area contributed by atoms with Gasteiger partial charge in [-0.2, -0.15) is 0 Å². The van der Waals surface area contributed by atoms with Gasteiger partial charge in [0.05, 0.1) is 18.5 Å². The van der Waals surface area contributed by atoms with E-state index in [1.54, 1.807) is 18.4 Å². The molecule has 2 aliphatic heterocycles. The van der Waals surface area contributed by atoms with Crippen LogP contribution in [0.5, 0.6) is 0 Å². The minimum Gasteiger partial charge on any atom is -0.464 e. The fraction of sp³-hybridized carbons (Fsp3) is 0.391. The second-order valence-electron chi connectivity index (χ2n) is 7.79. The number of hydrogen-bond acceptors (Lipinski definition) is 3. The third-order valence-electron chi connectivity index (χ3n) is 6.21. The maximum atomic E-state index is 13.5. The van der Waals surface area contributed by atoms with E-state index < -0.39 is 0 Å². The van der Waals surface area contributed by atoms with Crippen LogP contribution < -0.4 is 0 Å². The van der Waals surface area contributed by atoms with Crippen molar-refractivity contribution in [1.82, 2.24) is 4.90 Å². The summed E-state index contributed by atoms with van der Waals surface area (Å²) in [5.74, 6) is -0.205. The summed E-state index contributed by atoms with van der Waals surface area (Å²) in [6.07, 6.45) is 5.86. The second-order valence-corrected chi connectivity index (χ2v) is 7.79. The molecule has 3 nitrogen and oxygen atoms in total. The van der Waals surface area contributed by atoms with E-state index in [4.69, 9.17) is 9.15 Å². The van der Waals surface area contributed by atoms with E-state index in [0.717, 1.165) is 68.5 Å². The third kappa shape index (κ3) is 3.07. The van der Waals surface area contributed by atoms with Crippen LogP contribution in [-0.4, -0.2) is 24.5 Å². The molecule has 140 valence electrons. The highest BCUT2D eigenvalue weighted by molar-refractivity contribution is 5.81. The Morgan fingerprint density at radius 1 is 1.07 bits per heavy atom. The van der Waals surface area contributed by atoms with Crippen LogP contribution in [0.4, 0.5) is 4.39 Å². The molecule has 0 amide bonds. The summed E-state index contributed by atoms with van der Waals surface area (Å²) in [6.45, 7) is 3.93. The molecule has 0 radical (unpaired) electrons. The zero-order valence-electron chi connectivity index (χ0n) is 15.4. The normalized spacial score (nSPS) is 19.0. The fourth-order valence-electron chi connectivity index (χ4n) is 4.68. The standard InChI is InChI=1S/C23H24FNO2/c24-19-7-8-22-20(14-19)17(15-26-22)5-3-11-25-12-9-23(10-13-25)21-6-2-1-4-18(21)16-27-23/h1-2,4,6-8,14-15H,3,5,9-13,16H2. The molecule has 0 unspecified atom stereocenters. The van der Waals surface area contributed by atoms with Crippen molar-refractivity contribution in [3.8, 4) is 0 Å². The van der Waals surface area contributed by atoms with E-state index in [1.807, 2.05) is 0 Å². The molecule has 27 heavy (non-hydrogen) atoms. The molecular weight excluding hydrogens is 341 g/mol. The average molecular weight is 365 g/mol. The molecule has 0 bridgehead atoms. The van der Waals surface area contributed by atoms with Crippen molar-refractivity contribution in [2.24, 2.45) is 0 Å². The van der Waals surface area contributed by atoms with Gasteiger partial charge < -0.3 is 14.1 Å². The number of aryl methyl sites for hydroxylation is 1. The first-order valence-electron chi connectivity index (χ1n) is 9.84. The van der Waals surface area contributed by atoms with Crippen molar-refractivity contribution in [3.05, 3.63) is 71.2 Å². The summed E-state index contributed by atoms with van der Waals surface area (Å²) in [6, 6.07) is 13.4. The topological polar surface area (TPSA) is 25.6 Å². The van der Waals surface area contributed by atoms with Crippen LogP contribution in [0.25, 0.3) is 11.0 Å². The molecule has 0 atom stereocenters. The fourth-order valence-corrected chi connectivity index (χ4v) is 4.68. The minimum absolute atomic E-state index is 0.0641. The van der Waals surface area contributed by atoms with Gasteiger partial charge in [0.25, 0.3) is 0 Å². The Hall–Kier alpha value is -2.17. The lowest BCUT2D eigenvalue weighted by Crippen LogP contribution is -2.42. The lowest BCUT2D eigenvalue weighted by atomic mass is 9.84. The van der Waals surface area contributed by atoms with E-state index in [2.05, 4.69) is 29.2 Å². The van der Waals surface area contributed by atoms with Gasteiger partial charge in [0.15, 0.2) is 0 Å². The van der Waals surface area contributed by atoms with E-state index in [-0.39, 0.29) is 11.4 Å². The van der Waals surface area contributed by atoms with Crippen LogP contribution in [0.3, 0.4) is 0 Å². The predicted octanol–water partition coefficient (Wildman–Crippen LogP) is 5.03. The number of furan rings is 1. The number of hydrogen-bond donors (Lipinski definition) is 0. The van der Waals surface area contributed by atoms with Gasteiger partial charge in [0.2, 0.25) is 0 Å². The first-order valence-corrected chi connectivity index (χ1v) is 9.84. The molecule has 4 heteroatoms. The van der Waals surface area contributed by atoms with Gasteiger partial charge in [0.1, 0.15) is 11.4 Å². The van der Waals surface area contributed by atoms with E-state index in [1.165, 1.54) is 17.2 Å². The van der Waals surface area contributed by atoms with Crippen LogP contribution in [0.1, 0.15) is 36.0 Å². The van der Waals surface area contributed by atoms with Crippen LogP contribution >= 0.6 is 0 Å². The number of nitrogens with zero attached hydrogens (tertiary/aromatic N) is 1. The summed E-state index contributed by atoms with van der Waals surface area (Å²) < 4.78 is 25.3. The highest BCUT2D eigenvalue weighted by atomic mass is 19.1. The molecule has 2 aromatic carbocycles. The first-order chi connectivity index (χ1) is 13.2. The average Bonchev–Trinajstić information content (AvgIpc) is 3.26. The second kappa shape index (κ2) is 6.77. The lowest BCUT2D eigenvalue weighted by molar-refractivity contribution is -0.0787. The van der Waals surface area contributed by atoms with Crippen molar-refractivity contribution in [2.45, 2.75) is 37.9 Å². The maximum Gasteiger partial charge on any atom is 0.134 e. The van der Waals surface area contributed by atoms with Crippen LogP contribution in [0.15, 0.2) is 53.1 Å². The SMILES string of the molecule is Fc1ccc2occ(CCCN3CCC4(CC3)OCc3ccccc34)c2c1. The first kappa shape index (κ1) is 17.0. The Balaban J connectivity index is 1.18. The molecule has 1 spiro atoms. The zero-order chi connectivity index (χ0) is 18.3. The Kier molecular flexibility index (Phi) is 4.25. The lowest BCUT2D eigenvalue weighted by Gasteiger charge is -2.39. The van der Waals surface area contributed by atoms with Crippen molar-refractivity contribution in [1.29, 1.82) is 0 Å². The van der Waals surface area contributed by atoms with Crippen molar-refractivity contribution in [3.63, 3.8) is 0 Å². The molecule has 3 aromatic rings. The van der Waals surface area contributed by atoms with Crippen molar-refractivity contribution < 1.29 is 13.5 Å². The van der Waals surface area contributed by atoms with E-state index in [9.17, 15) is 4.39 Å². The molecule has 5 rings (SSSR count). The van der Waals surface area contributed by atoms with Gasteiger partial charge in [-0.05, 0) is 67.1 Å². The molecule has 1 saturated heterocycles. The minimum atomic E-state index is -0.205. The summed E-state index contributed by atoms with van der Waals surface area (Å²) in [7, 11) is 0. The maximum absolute atomic E-state index is 13.5. The number of piperidine rings is 1. The molecule has 0 aliphatic carbocycles. The zero-order valence-corrected chi connectivity index (χ0v) is 15.4. The summed E-state index contributed by atoms with van der Waals surface area (Å²) in [4.78, 5) is 2.53. The molecule has 0 N–H and O–H groups in total. The number of halogens is 1. The highest BCUT2D eigenvalue weighted by Crippen LogP contribution is 2.43. The summed E-state index contributed by atoms with van der Waals surface area (Å²) in [5.41, 5.74) is 4.56. The van der Waals surface area contributed by atoms with Gasteiger partial charge in [-0.1, -0.05) is 24.3 Å². The molecule has 3 heterocycles. The monoisotopic (exact) mass is 365 g/mol. The molecule has 2 aliphatic rings. The number of rotatable bonds is 4. The Bertz CT molecular complexity index is 956. The summed E-state index contributed by atoms with van der Waals surface area (Å²) >= 11 is 0. The quantitative estimate of drug-likeness (QED) is 0.649. The number of likely N-dealkylation sites (tertiary alicyclic amines) is 1. The van der Waals surface area contributed by atoms with Crippen LogP contribution in [0.2, 0.25) is 0 Å². The molecule has 0 saturated carbocycles. The van der Waals surface area contributed by atoms with E-state index in [0.29, 0.717) is 0 Å². The smallest absolute Gasteiger partial charge is 0.134 e. The van der Waals surface area contributed by atoms with Crippen LogP contribution in [-0.2, 0) is 23.4 Å². The van der Waals surface area contributed by atoms with Gasteiger partial charge >= 0.3 is 0 Å². The Morgan fingerprint density at radius 2 is 1.93 bits per heavy atom. The van der Waals surface area contributed by atoms with E-state index >= 15 is 0 Å². The third-order valence-corrected chi connectivity index (χ3v) is 6.21. The molecule has 1 fully saturated rings. The van der Waals surface area contributed by atoms with Gasteiger partial charge in [0, 0.05) is 18.5 Å². The molecule has 1 aromatic heterocycles. The number of fused-ring (bicyclic) bond motifs is 3. The van der Waals surface area contributed by atoms with Crippen molar-refractivity contribution >= 4 is 11.0 Å². The van der Waals surface area contributed by atoms with Crippen LogP contribution in [0, 0.1) is 5.82 Å². The van der Waals surface area contributed by atoms with Gasteiger partial charge in [-0.3, -0.25) is 0 Å². The number of benzene rings is 2. The summed E-state index contributed by atoms with van der Waals surface area (Å²) in [5, 5.41) is 0.906. The van der Waals surface area contributed by atoms with Gasteiger partial charge in [-0.15, -0.1) is 0 Å². The highest BCUT2D eigenvalue weighted by Gasteiger charge is 2.42. The Morgan fingerprint density at radius 3 is 2.81 bits per heavy atom.